The van der Waals surface area contributed by atoms with Crippen LogP contribution in [0.25, 0.3) is 0 Å². The number of likely N-dealkylation sites (tertiary alicyclic amines) is 1. The van der Waals surface area contributed by atoms with Crippen molar-refractivity contribution in [3.8, 4) is 11.5 Å². The predicted octanol–water partition coefficient (Wildman–Crippen LogP) is 1.68. The average Bonchev–Trinajstić information content (AvgIpc) is 3.16. The SMILES string of the molecule is COCC[C@@H]1CCOC12CN(C(=O)c1ccc3c(c1)OCO3)C2. The van der Waals surface area contributed by atoms with Gasteiger partial charge in [-0.15, -0.1) is 0 Å². The lowest BCUT2D eigenvalue weighted by Gasteiger charge is -2.50. The van der Waals surface area contributed by atoms with Crippen LogP contribution in [0.1, 0.15) is 23.2 Å². The first-order valence-electron chi connectivity index (χ1n) is 8.04. The lowest BCUT2D eigenvalue weighted by molar-refractivity contribution is -0.120. The van der Waals surface area contributed by atoms with Crippen molar-refractivity contribution < 1.29 is 23.7 Å². The molecule has 3 heterocycles. The van der Waals surface area contributed by atoms with Crippen LogP contribution in [0.15, 0.2) is 18.2 Å². The fraction of sp³-hybridized carbons (Fsp3) is 0.588. The molecule has 4 rings (SSSR count). The molecule has 0 saturated carbocycles. The maximum atomic E-state index is 12.6. The summed E-state index contributed by atoms with van der Waals surface area (Å²) in [5.41, 5.74) is 0.473. The summed E-state index contributed by atoms with van der Waals surface area (Å²) in [6, 6.07) is 5.34. The molecule has 3 aliphatic rings. The number of fused-ring (bicyclic) bond motifs is 1. The first-order chi connectivity index (χ1) is 11.2. The Bertz CT molecular complexity index is 611. The van der Waals surface area contributed by atoms with Crippen LogP contribution in [-0.2, 0) is 9.47 Å². The van der Waals surface area contributed by atoms with Gasteiger partial charge in [0.2, 0.25) is 6.79 Å². The van der Waals surface area contributed by atoms with E-state index in [2.05, 4.69) is 0 Å². The zero-order valence-corrected chi connectivity index (χ0v) is 13.2. The number of nitrogens with zero attached hydrogens (tertiary/aromatic N) is 1. The third-order valence-electron chi connectivity index (χ3n) is 5.09. The van der Waals surface area contributed by atoms with Gasteiger partial charge in [-0.25, -0.2) is 0 Å². The number of ether oxygens (including phenoxy) is 4. The Morgan fingerprint density at radius 2 is 2.17 bits per heavy atom. The molecule has 6 nitrogen and oxygen atoms in total. The van der Waals surface area contributed by atoms with Gasteiger partial charge in [0.05, 0.1) is 13.1 Å². The van der Waals surface area contributed by atoms with E-state index in [1.807, 2.05) is 4.90 Å². The van der Waals surface area contributed by atoms with Crippen molar-refractivity contribution in [3.05, 3.63) is 23.8 Å². The Morgan fingerprint density at radius 3 is 3.00 bits per heavy atom. The summed E-state index contributed by atoms with van der Waals surface area (Å²) in [5.74, 6) is 1.83. The minimum absolute atomic E-state index is 0.0231. The second kappa shape index (κ2) is 5.69. The summed E-state index contributed by atoms with van der Waals surface area (Å²) < 4.78 is 21.8. The van der Waals surface area contributed by atoms with Crippen LogP contribution < -0.4 is 9.47 Å². The van der Waals surface area contributed by atoms with Crippen LogP contribution in [0.4, 0.5) is 0 Å². The van der Waals surface area contributed by atoms with Crippen LogP contribution in [-0.4, -0.2) is 56.6 Å². The molecule has 1 spiro atoms. The molecule has 2 fully saturated rings. The molecule has 1 amide bonds. The van der Waals surface area contributed by atoms with E-state index in [1.54, 1.807) is 25.3 Å². The van der Waals surface area contributed by atoms with Crippen LogP contribution in [0.2, 0.25) is 0 Å². The van der Waals surface area contributed by atoms with E-state index in [0.717, 1.165) is 26.1 Å². The van der Waals surface area contributed by atoms with Crippen molar-refractivity contribution in [3.63, 3.8) is 0 Å². The molecule has 2 saturated heterocycles. The quantitative estimate of drug-likeness (QED) is 0.845. The van der Waals surface area contributed by atoms with Gasteiger partial charge in [-0.05, 0) is 37.0 Å². The second-order valence-electron chi connectivity index (χ2n) is 6.41. The molecule has 0 aliphatic carbocycles. The Labute approximate surface area is 135 Å². The van der Waals surface area contributed by atoms with Gasteiger partial charge in [0.1, 0.15) is 5.60 Å². The van der Waals surface area contributed by atoms with Gasteiger partial charge in [0, 0.05) is 25.9 Å². The Hall–Kier alpha value is -1.79. The van der Waals surface area contributed by atoms with Gasteiger partial charge >= 0.3 is 0 Å². The number of benzene rings is 1. The number of hydrogen-bond acceptors (Lipinski definition) is 5. The largest absolute Gasteiger partial charge is 0.454 e. The topological polar surface area (TPSA) is 57.2 Å². The number of methoxy groups -OCH3 is 1. The van der Waals surface area contributed by atoms with E-state index in [9.17, 15) is 4.79 Å². The molecule has 0 aromatic heterocycles. The highest BCUT2D eigenvalue weighted by atomic mass is 16.7. The minimum atomic E-state index is -0.162. The first kappa shape index (κ1) is 14.8. The summed E-state index contributed by atoms with van der Waals surface area (Å²) in [6.45, 7) is 3.06. The van der Waals surface area contributed by atoms with Crippen molar-refractivity contribution in [2.75, 3.05) is 40.2 Å². The summed E-state index contributed by atoms with van der Waals surface area (Å²) in [7, 11) is 1.72. The molecule has 6 heteroatoms. The lowest BCUT2D eigenvalue weighted by atomic mass is 9.79. The number of hydrogen-bond donors (Lipinski definition) is 0. The molecular formula is C17H21NO5. The molecular weight excluding hydrogens is 298 g/mol. The number of rotatable bonds is 4. The van der Waals surface area contributed by atoms with E-state index < -0.39 is 0 Å². The van der Waals surface area contributed by atoms with E-state index in [-0.39, 0.29) is 18.3 Å². The van der Waals surface area contributed by atoms with E-state index >= 15 is 0 Å². The molecule has 0 unspecified atom stereocenters. The molecule has 0 radical (unpaired) electrons. The van der Waals surface area contributed by atoms with E-state index in [1.165, 1.54) is 0 Å². The highest BCUT2D eigenvalue weighted by molar-refractivity contribution is 5.95. The standard InChI is InChI=1S/C17H21NO5/c1-20-6-4-13-5-7-23-17(13)9-18(10-17)16(19)12-2-3-14-15(8-12)22-11-21-14/h2-3,8,13H,4-7,9-11H2,1H3/t13-/m1/s1. The molecule has 124 valence electrons. The molecule has 23 heavy (non-hydrogen) atoms. The average molecular weight is 319 g/mol. The summed E-state index contributed by atoms with van der Waals surface area (Å²) in [4.78, 5) is 14.5. The van der Waals surface area contributed by atoms with Crippen LogP contribution in [0, 0.1) is 5.92 Å². The van der Waals surface area contributed by atoms with Gasteiger partial charge in [0.15, 0.2) is 11.5 Å². The Morgan fingerprint density at radius 1 is 1.35 bits per heavy atom. The summed E-state index contributed by atoms with van der Waals surface area (Å²) in [5, 5.41) is 0. The zero-order valence-electron chi connectivity index (χ0n) is 13.2. The predicted molar refractivity (Wildman–Crippen MR) is 81.8 cm³/mol. The summed E-state index contributed by atoms with van der Waals surface area (Å²) in [6.07, 6.45) is 2.04. The highest BCUT2D eigenvalue weighted by Gasteiger charge is 2.54. The molecule has 0 bridgehead atoms. The van der Waals surface area contributed by atoms with Gasteiger partial charge in [-0.2, -0.15) is 0 Å². The molecule has 1 aromatic carbocycles. The van der Waals surface area contributed by atoms with Gasteiger partial charge in [-0.1, -0.05) is 0 Å². The maximum Gasteiger partial charge on any atom is 0.254 e. The fourth-order valence-corrected chi connectivity index (χ4v) is 3.76. The van der Waals surface area contributed by atoms with Crippen LogP contribution in [0.3, 0.4) is 0 Å². The molecule has 1 aromatic rings. The Kier molecular flexibility index (Phi) is 3.66. The van der Waals surface area contributed by atoms with Crippen molar-refractivity contribution in [2.45, 2.75) is 18.4 Å². The summed E-state index contributed by atoms with van der Waals surface area (Å²) >= 11 is 0. The monoisotopic (exact) mass is 319 g/mol. The minimum Gasteiger partial charge on any atom is -0.454 e. The third-order valence-corrected chi connectivity index (χ3v) is 5.09. The van der Waals surface area contributed by atoms with E-state index in [0.29, 0.717) is 36.1 Å². The van der Waals surface area contributed by atoms with Gasteiger partial charge in [0.25, 0.3) is 5.91 Å². The first-order valence-corrected chi connectivity index (χ1v) is 8.04. The molecule has 1 atom stereocenters. The third kappa shape index (κ3) is 2.46. The maximum absolute atomic E-state index is 12.6. The number of amides is 1. The number of carbonyl (C=O) groups is 1. The van der Waals surface area contributed by atoms with Crippen molar-refractivity contribution in [1.29, 1.82) is 0 Å². The van der Waals surface area contributed by atoms with E-state index in [4.69, 9.17) is 18.9 Å². The normalized spacial score (nSPS) is 24.0. The van der Waals surface area contributed by atoms with Crippen LogP contribution >= 0.6 is 0 Å². The van der Waals surface area contributed by atoms with Gasteiger partial charge < -0.3 is 23.8 Å². The molecule has 3 aliphatic heterocycles. The number of carbonyl (C=O) groups excluding carboxylic acids is 1. The zero-order chi connectivity index (χ0) is 15.9. The smallest absolute Gasteiger partial charge is 0.254 e. The van der Waals surface area contributed by atoms with Crippen molar-refractivity contribution in [2.24, 2.45) is 5.92 Å². The van der Waals surface area contributed by atoms with Crippen molar-refractivity contribution >= 4 is 5.91 Å². The highest BCUT2D eigenvalue weighted by Crippen LogP contribution is 2.42. The Balaban J connectivity index is 1.42. The second-order valence-corrected chi connectivity index (χ2v) is 6.41. The fourth-order valence-electron chi connectivity index (χ4n) is 3.76. The van der Waals surface area contributed by atoms with Gasteiger partial charge in [-0.3, -0.25) is 4.79 Å². The lowest BCUT2D eigenvalue weighted by Crippen LogP contribution is -2.66. The molecule has 0 N–H and O–H groups in total. The van der Waals surface area contributed by atoms with Crippen LogP contribution in [0.5, 0.6) is 11.5 Å². The van der Waals surface area contributed by atoms with Crippen molar-refractivity contribution in [1.82, 2.24) is 4.90 Å².